The molecule has 0 aromatic heterocycles. The SMILES string of the molecule is COCC1(CNC(=O)[C@H]2COc3c(cccc3OC)C2)CCCC1. The summed E-state index contributed by atoms with van der Waals surface area (Å²) in [7, 11) is 3.37. The van der Waals surface area contributed by atoms with E-state index in [-0.39, 0.29) is 17.2 Å². The van der Waals surface area contributed by atoms with Crippen LogP contribution in [0.3, 0.4) is 0 Å². The maximum absolute atomic E-state index is 12.6. The molecule has 0 saturated heterocycles. The summed E-state index contributed by atoms with van der Waals surface area (Å²) < 4.78 is 16.5. The van der Waals surface area contributed by atoms with Crippen molar-refractivity contribution in [3.8, 4) is 11.5 Å². The fourth-order valence-electron chi connectivity index (χ4n) is 3.95. The van der Waals surface area contributed by atoms with Crippen molar-refractivity contribution in [2.24, 2.45) is 11.3 Å². The highest BCUT2D eigenvalue weighted by Gasteiger charge is 2.35. The van der Waals surface area contributed by atoms with Crippen LogP contribution in [0.15, 0.2) is 18.2 Å². The molecule has 1 aromatic carbocycles. The van der Waals surface area contributed by atoms with Gasteiger partial charge in [0.05, 0.1) is 19.6 Å². The van der Waals surface area contributed by atoms with E-state index in [1.54, 1.807) is 14.2 Å². The van der Waals surface area contributed by atoms with Gasteiger partial charge in [-0.05, 0) is 30.9 Å². The fraction of sp³-hybridized carbons (Fsp3) is 0.632. The van der Waals surface area contributed by atoms with E-state index in [0.29, 0.717) is 26.2 Å². The number of ether oxygens (including phenoxy) is 3. The second-order valence-electron chi connectivity index (χ2n) is 7.02. The molecule has 1 aliphatic carbocycles. The van der Waals surface area contributed by atoms with Crippen molar-refractivity contribution < 1.29 is 19.0 Å². The van der Waals surface area contributed by atoms with Crippen LogP contribution in [-0.2, 0) is 16.0 Å². The lowest BCUT2D eigenvalue weighted by molar-refractivity contribution is -0.127. The summed E-state index contributed by atoms with van der Waals surface area (Å²) in [6.45, 7) is 1.81. The van der Waals surface area contributed by atoms with Gasteiger partial charge in [0.15, 0.2) is 11.5 Å². The van der Waals surface area contributed by atoms with Gasteiger partial charge in [0.1, 0.15) is 6.61 Å². The van der Waals surface area contributed by atoms with Gasteiger partial charge < -0.3 is 19.5 Å². The Morgan fingerprint density at radius 1 is 1.33 bits per heavy atom. The average molecular weight is 333 g/mol. The molecule has 1 atom stereocenters. The zero-order chi connectivity index (χ0) is 17.0. The van der Waals surface area contributed by atoms with Gasteiger partial charge in [-0.15, -0.1) is 0 Å². The van der Waals surface area contributed by atoms with Crippen LogP contribution in [0.4, 0.5) is 0 Å². The van der Waals surface area contributed by atoms with E-state index < -0.39 is 0 Å². The second-order valence-corrected chi connectivity index (χ2v) is 7.02. The Kier molecular flexibility index (Phi) is 5.29. The zero-order valence-corrected chi connectivity index (χ0v) is 14.6. The maximum Gasteiger partial charge on any atom is 0.226 e. The van der Waals surface area contributed by atoms with Crippen molar-refractivity contribution in [3.05, 3.63) is 23.8 Å². The van der Waals surface area contributed by atoms with Gasteiger partial charge in [-0.2, -0.15) is 0 Å². The van der Waals surface area contributed by atoms with Crippen LogP contribution in [0, 0.1) is 11.3 Å². The first kappa shape index (κ1) is 17.1. The zero-order valence-electron chi connectivity index (χ0n) is 14.6. The molecule has 5 nitrogen and oxygen atoms in total. The molecule has 24 heavy (non-hydrogen) atoms. The standard InChI is InChI=1S/C19H27NO4/c1-22-13-19(8-3-4-9-19)12-20-18(21)15-10-14-6-5-7-16(23-2)17(14)24-11-15/h5-7,15H,3-4,8-13H2,1-2H3,(H,20,21)/t15-/m1/s1. The third-order valence-electron chi connectivity index (χ3n) is 5.30. The molecular formula is C19H27NO4. The van der Waals surface area contributed by atoms with Crippen LogP contribution in [-0.4, -0.2) is 39.9 Å². The lowest BCUT2D eigenvalue weighted by atomic mass is 9.86. The minimum absolute atomic E-state index is 0.0749. The van der Waals surface area contributed by atoms with E-state index >= 15 is 0 Å². The summed E-state index contributed by atoms with van der Waals surface area (Å²) in [6.07, 6.45) is 5.39. The number of benzene rings is 1. The number of methoxy groups -OCH3 is 2. The Hall–Kier alpha value is -1.75. The number of nitrogens with one attached hydrogen (secondary N) is 1. The van der Waals surface area contributed by atoms with Crippen molar-refractivity contribution in [2.45, 2.75) is 32.1 Å². The minimum atomic E-state index is -0.148. The first-order valence-electron chi connectivity index (χ1n) is 8.73. The van der Waals surface area contributed by atoms with E-state index in [2.05, 4.69) is 5.32 Å². The third kappa shape index (κ3) is 3.51. The summed E-state index contributed by atoms with van der Waals surface area (Å²) in [4.78, 5) is 12.6. The predicted molar refractivity (Wildman–Crippen MR) is 91.5 cm³/mol. The molecule has 1 aliphatic heterocycles. The van der Waals surface area contributed by atoms with Crippen molar-refractivity contribution in [1.82, 2.24) is 5.32 Å². The third-order valence-corrected chi connectivity index (χ3v) is 5.30. The van der Waals surface area contributed by atoms with Crippen molar-refractivity contribution >= 4 is 5.91 Å². The fourth-order valence-corrected chi connectivity index (χ4v) is 3.95. The minimum Gasteiger partial charge on any atom is -0.493 e. The van der Waals surface area contributed by atoms with Gasteiger partial charge in [-0.25, -0.2) is 0 Å². The highest BCUT2D eigenvalue weighted by molar-refractivity contribution is 5.79. The van der Waals surface area contributed by atoms with E-state index in [1.165, 1.54) is 12.8 Å². The Morgan fingerprint density at radius 3 is 2.83 bits per heavy atom. The molecule has 1 aromatic rings. The Balaban J connectivity index is 1.60. The van der Waals surface area contributed by atoms with Crippen LogP contribution in [0.5, 0.6) is 11.5 Å². The quantitative estimate of drug-likeness (QED) is 0.869. The molecule has 0 radical (unpaired) electrons. The van der Waals surface area contributed by atoms with E-state index in [1.807, 2.05) is 18.2 Å². The first-order valence-corrected chi connectivity index (χ1v) is 8.73. The van der Waals surface area contributed by atoms with Gasteiger partial charge >= 0.3 is 0 Å². The molecule has 1 heterocycles. The molecule has 5 heteroatoms. The average Bonchev–Trinajstić information content (AvgIpc) is 3.07. The lowest BCUT2D eigenvalue weighted by Crippen LogP contribution is -2.43. The summed E-state index contributed by atoms with van der Waals surface area (Å²) in [5.41, 5.74) is 1.15. The topological polar surface area (TPSA) is 56.8 Å². The molecule has 132 valence electrons. The molecule has 3 rings (SSSR count). The largest absolute Gasteiger partial charge is 0.493 e. The summed E-state index contributed by atoms with van der Waals surface area (Å²) in [5.74, 6) is 1.43. The highest BCUT2D eigenvalue weighted by atomic mass is 16.5. The smallest absolute Gasteiger partial charge is 0.226 e. The Bertz CT molecular complexity index is 581. The van der Waals surface area contributed by atoms with Gasteiger partial charge in [0, 0.05) is 19.1 Å². The Labute approximate surface area is 143 Å². The van der Waals surface area contributed by atoms with Crippen LogP contribution >= 0.6 is 0 Å². The van der Waals surface area contributed by atoms with Crippen LogP contribution < -0.4 is 14.8 Å². The molecular weight excluding hydrogens is 306 g/mol. The second kappa shape index (κ2) is 7.43. The van der Waals surface area contributed by atoms with Gasteiger partial charge in [0.2, 0.25) is 5.91 Å². The molecule has 0 bridgehead atoms. The van der Waals surface area contributed by atoms with Crippen LogP contribution in [0.2, 0.25) is 0 Å². The molecule has 1 N–H and O–H groups in total. The monoisotopic (exact) mass is 333 g/mol. The van der Waals surface area contributed by atoms with Crippen LogP contribution in [0.25, 0.3) is 0 Å². The first-order chi connectivity index (χ1) is 11.7. The summed E-state index contributed by atoms with van der Waals surface area (Å²) in [5, 5.41) is 3.15. The molecule has 0 spiro atoms. The van der Waals surface area contributed by atoms with E-state index in [9.17, 15) is 4.79 Å². The number of rotatable bonds is 6. The maximum atomic E-state index is 12.6. The van der Waals surface area contributed by atoms with Gasteiger partial charge in [-0.3, -0.25) is 4.79 Å². The Morgan fingerprint density at radius 2 is 2.12 bits per heavy atom. The number of fused-ring (bicyclic) bond motifs is 1. The molecule has 1 fully saturated rings. The van der Waals surface area contributed by atoms with Crippen molar-refractivity contribution in [3.63, 3.8) is 0 Å². The molecule has 2 aliphatic rings. The number of para-hydroxylation sites is 1. The number of amides is 1. The number of carbonyl (C=O) groups excluding carboxylic acids is 1. The van der Waals surface area contributed by atoms with E-state index in [0.717, 1.165) is 29.9 Å². The summed E-state index contributed by atoms with van der Waals surface area (Å²) in [6, 6.07) is 5.82. The van der Waals surface area contributed by atoms with Crippen molar-refractivity contribution in [2.75, 3.05) is 34.0 Å². The number of carbonyl (C=O) groups is 1. The molecule has 1 saturated carbocycles. The molecule has 1 amide bonds. The highest BCUT2D eigenvalue weighted by Crippen LogP contribution is 2.38. The lowest BCUT2D eigenvalue weighted by Gasteiger charge is -2.30. The molecule has 0 unspecified atom stereocenters. The number of hydrogen-bond donors (Lipinski definition) is 1. The number of hydrogen-bond acceptors (Lipinski definition) is 4. The van der Waals surface area contributed by atoms with Crippen LogP contribution in [0.1, 0.15) is 31.2 Å². The van der Waals surface area contributed by atoms with E-state index in [4.69, 9.17) is 14.2 Å². The van der Waals surface area contributed by atoms with Crippen molar-refractivity contribution in [1.29, 1.82) is 0 Å². The summed E-state index contributed by atoms with van der Waals surface area (Å²) >= 11 is 0. The normalized spacial score (nSPS) is 21.7. The predicted octanol–water partition coefficient (Wildman–Crippen LogP) is 2.57. The van der Waals surface area contributed by atoms with Gasteiger partial charge in [-0.1, -0.05) is 25.0 Å². The van der Waals surface area contributed by atoms with Gasteiger partial charge in [0.25, 0.3) is 0 Å².